The third-order valence-corrected chi connectivity index (χ3v) is 4.77. The van der Waals surface area contributed by atoms with Gasteiger partial charge in [0.1, 0.15) is 6.07 Å². The molecule has 0 N–H and O–H groups in total. The minimum atomic E-state index is -4.66. The molecule has 0 radical (unpaired) electrons. The lowest BCUT2D eigenvalue weighted by molar-refractivity contribution is -0.138. The highest BCUT2D eigenvalue weighted by Gasteiger charge is 2.46. The van der Waals surface area contributed by atoms with E-state index in [0.717, 1.165) is 12.1 Å². The lowest BCUT2D eigenvalue weighted by Crippen LogP contribution is -2.52. The summed E-state index contributed by atoms with van der Waals surface area (Å²) < 4.78 is 39.7. The molecule has 7 heteroatoms. The molecule has 0 spiro atoms. The number of nitriles is 1. The minimum absolute atomic E-state index is 0.0903. The third-order valence-electron chi connectivity index (χ3n) is 4.77. The summed E-state index contributed by atoms with van der Waals surface area (Å²) >= 11 is 0. The summed E-state index contributed by atoms with van der Waals surface area (Å²) in [6.07, 6.45) is -3.10. The normalized spacial score (nSPS) is 22.4. The smallest absolute Gasteiger partial charge is 0.333 e. The zero-order chi connectivity index (χ0) is 19.9. The Morgan fingerprint density at radius 1 is 1.23 bits per heavy atom. The van der Waals surface area contributed by atoms with E-state index in [4.69, 9.17) is 0 Å². The fourth-order valence-electron chi connectivity index (χ4n) is 3.40. The van der Waals surface area contributed by atoms with E-state index in [0.29, 0.717) is 0 Å². The maximum absolute atomic E-state index is 13.2. The number of amides is 1. The first-order valence-electron chi connectivity index (χ1n) is 7.96. The van der Waals surface area contributed by atoms with Crippen LogP contribution in [0.5, 0.6) is 0 Å². The van der Waals surface area contributed by atoms with Crippen LogP contribution in [0.25, 0.3) is 0 Å². The van der Waals surface area contributed by atoms with Crippen molar-refractivity contribution in [2.75, 3.05) is 7.05 Å². The van der Waals surface area contributed by atoms with Crippen molar-refractivity contribution in [3.05, 3.63) is 47.0 Å². The monoisotopic (exact) mass is 364 g/mol. The lowest BCUT2D eigenvalue weighted by atomic mass is 9.68. The zero-order valence-corrected chi connectivity index (χ0v) is 14.9. The fourth-order valence-corrected chi connectivity index (χ4v) is 3.40. The molecule has 0 bridgehead atoms. The first-order valence-corrected chi connectivity index (χ1v) is 7.96. The van der Waals surface area contributed by atoms with Gasteiger partial charge in [0.2, 0.25) is 0 Å². The van der Waals surface area contributed by atoms with Gasteiger partial charge in [-0.1, -0.05) is 26.0 Å². The molecule has 26 heavy (non-hydrogen) atoms. The first kappa shape index (κ1) is 19.7. The van der Waals surface area contributed by atoms with Crippen molar-refractivity contribution in [1.82, 2.24) is 4.90 Å². The second-order valence-corrected chi connectivity index (χ2v) is 7.32. The van der Waals surface area contributed by atoms with E-state index in [-0.39, 0.29) is 17.8 Å². The van der Waals surface area contributed by atoms with E-state index in [2.05, 4.69) is 0 Å². The number of rotatable bonds is 2. The van der Waals surface area contributed by atoms with Gasteiger partial charge in [-0.15, -0.1) is 0 Å². The van der Waals surface area contributed by atoms with Gasteiger partial charge in [-0.25, -0.2) is 0 Å². The van der Waals surface area contributed by atoms with Crippen LogP contribution in [0.4, 0.5) is 13.2 Å². The SMILES string of the molecule is CN(C(=O)c1ccccc1C(F)(F)F)[C@]1(C)C=C(C#N)C(=O)C(C)(C)C1. The number of Topliss-reactive ketones (excluding diaryl/α,β-unsaturated/α-hetero) is 1. The molecule has 2 rings (SSSR count). The number of benzene rings is 1. The topological polar surface area (TPSA) is 61.2 Å². The quantitative estimate of drug-likeness (QED) is 0.797. The van der Waals surface area contributed by atoms with Crippen LogP contribution in [-0.2, 0) is 11.0 Å². The highest BCUT2D eigenvalue weighted by molar-refractivity contribution is 6.04. The van der Waals surface area contributed by atoms with Crippen molar-refractivity contribution >= 4 is 11.7 Å². The standard InChI is InChI=1S/C19H19F3N2O2/c1-17(2)11-18(3,9-12(10-23)15(17)25)24(4)16(26)13-7-5-6-8-14(13)19(20,21)22/h5-9H,11H2,1-4H3/t18-/m1/s1. The molecule has 1 amide bonds. The molecule has 0 saturated carbocycles. The van der Waals surface area contributed by atoms with Crippen LogP contribution in [-0.4, -0.2) is 29.2 Å². The van der Waals surface area contributed by atoms with Gasteiger partial charge in [-0.3, -0.25) is 9.59 Å². The van der Waals surface area contributed by atoms with Gasteiger partial charge in [0.15, 0.2) is 5.78 Å². The third kappa shape index (κ3) is 3.36. The van der Waals surface area contributed by atoms with Crippen molar-refractivity contribution < 1.29 is 22.8 Å². The molecule has 1 aromatic rings. The number of hydrogen-bond acceptors (Lipinski definition) is 3. The predicted octanol–water partition coefficient (Wildman–Crippen LogP) is 3.99. The summed E-state index contributed by atoms with van der Waals surface area (Å²) in [6.45, 7) is 4.94. The van der Waals surface area contributed by atoms with E-state index in [1.807, 2.05) is 6.07 Å². The molecule has 0 unspecified atom stereocenters. The van der Waals surface area contributed by atoms with Gasteiger partial charge >= 0.3 is 6.18 Å². The molecule has 0 fully saturated rings. The van der Waals surface area contributed by atoms with Crippen LogP contribution in [0.2, 0.25) is 0 Å². The van der Waals surface area contributed by atoms with E-state index >= 15 is 0 Å². The maximum atomic E-state index is 13.2. The first-order chi connectivity index (χ1) is 11.8. The van der Waals surface area contributed by atoms with Gasteiger partial charge < -0.3 is 4.90 Å². The van der Waals surface area contributed by atoms with Crippen LogP contribution in [0.1, 0.15) is 43.1 Å². The Balaban J connectivity index is 2.51. The summed E-state index contributed by atoms with van der Waals surface area (Å²) in [5.41, 5.74) is -3.56. The van der Waals surface area contributed by atoms with E-state index in [1.54, 1.807) is 20.8 Å². The summed E-state index contributed by atoms with van der Waals surface area (Å²) in [5.74, 6) is -1.16. The van der Waals surface area contributed by atoms with Crippen LogP contribution in [0.3, 0.4) is 0 Å². The molecular formula is C19H19F3N2O2. The van der Waals surface area contributed by atoms with Gasteiger partial charge in [0, 0.05) is 12.5 Å². The molecule has 138 valence electrons. The van der Waals surface area contributed by atoms with Crippen LogP contribution in [0, 0.1) is 16.7 Å². The van der Waals surface area contributed by atoms with Gasteiger partial charge in [0.25, 0.3) is 5.91 Å². The van der Waals surface area contributed by atoms with Crippen LogP contribution < -0.4 is 0 Å². The minimum Gasteiger partial charge on any atom is -0.333 e. The highest BCUT2D eigenvalue weighted by atomic mass is 19.4. The van der Waals surface area contributed by atoms with Crippen molar-refractivity contribution in [1.29, 1.82) is 5.26 Å². The Bertz CT molecular complexity index is 834. The number of allylic oxidation sites excluding steroid dienone is 1. The molecule has 0 aromatic heterocycles. The Morgan fingerprint density at radius 2 is 1.81 bits per heavy atom. The molecular weight excluding hydrogens is 345 g/mol. The number of alkyl halides is 3. The molecule has 0 saturated heterocycles. The van der Waals surface area contributed by atoms with Crippen molar-refractivity contribution in [3.8, 4) is 6.07 Å². The number of hydrogen-bond donors (Lipinski definition) is 0. The van der Waals surface area contributed by atoms with E-state index < -0.39 is 34.2 Å². The number of likely N-dealkylation sites (N-methyl/N-ethyl adjacent to an activating group) is 1. The van der Waals surface area contributed by atoms with Crippen molar-refractivity contribution in [2.45, 2.75) is 38.9 Å². The van der Waals surface area contributed by atoms with Crippen molar-refractivity contribution in [2.24, 2.45) is 5.41 Å². The Hall–Kier alpha value is -2.62. The number of carbonyl (C=O) groups is 2. The number of carbonyl (C=O) groups excluding carboxylic acids is 2. The number of ketones is 1. The van der Waals surface area contributed by atoms with E-state index in [9.17, 15) is 28.0 Å². The lowest BCUT2D eigenvalue weighted by Gasteiger charge is -2.44. The number of nitrogens with zero attached hydrogens (tertiary/aromatic N) is 2. The van der Waals surface area contributed by atoms with Crippen LogP contribution in [0.15, 0.2) is 35.9 Å². The second kappa shape index (κ2) is 6.27. The largest absolute Gasteiger partial charge is 0.417 e. The predicted molar refractivity (Wildman–Crippen MR) is 89.0 cm³/mol. The molecule has 4 nitrogen and oxygen atoms in total. The Morgan fingerprint density at radius 3 is 2.35 bits per heavy atom. The van der Waals surface area contributed by atoms with E-state index in [1.165, 1.54) is 30.2 Å². The molecule has 1 aliphatic carbocycles. The Kier molecular flexibility index (Phi) is 4.75. The fraction of sp³-hybridized carbons (Fsp3) is 0.421. The Labute approximate surface area is 149 Å². The molecule has 1 aliphatic rings. The molecule has 1 aromatic carbocycles. The summed E-state index contributed by atoms with van der Waals surface area (Å²) in [6, 6.07) is 6.39. The maximum Gasteiger partial charge on any atom is 0.417 e. The highest BCUT2D eigenvalue weighted by Crippen LogP contribution is 2.41. The van der Waals surface area contributed by atoms with Crippen molar-refractivity contribution in [3.63, 3.8) is 0 Å². The summed E-state index contributed by atoms with van der Waals surface area (Å²) in [4.78, 5) is 26.3. The molecule has 1 atom stereocenters. The summed E-state index contributed by atoms with van der Waals surface area (Å²) in [5, 5.41) is 9.22. The van der Waals surface area contributed by atoms with Gasteiger partial charge in [-0.2, -0.15) is 18.4 Å². The summed E-state index contributed by atoms with van der Waals surface area (Å²) in [7, 11) is 1.38. The second-order valence-electron chi connectivity index (χ2n) is 7.32. The van der Waals surface area contributed by atoms with Gasteiger partial charge in [0.05, 0.1) is 22.2 Å². The molecule has 0 aliphatic heterocycles. The molecule has 0 heterocycles. The zero-order valence-electron chi connectivity index (χ0n) is 14.9. The average molecular weight is 364 g/mol. The van der Waals surface area contributed by atoms with Crippen LogP contribution >= 0.6 is 0 Å². The number of halogens is 3. The average Bonchev–Trinajstić information content (AvgIpc) is 2.55. The van der Waals surface area contributed by atoms with Gasteiger partial charge in [-0.05, 0) is 31.6 Å².